The van der Waals surface area contributed by atoms with E-state index in [9.17, 15) is 14.6 Å². The highest BCUT2D eigenvalue weighted by molar-refractivity contribution is 6.35. The molecule has 36 heavy (non-hydrogen) atoms. The topological polar surface area (TPSA) is 91.2 Å². The van der Waals surface area contributed by atoms with Gasteiger partial charge in [-0.3, -0.25) is 4.98 Å². The molecule has 0 fully saturated rings. The summed E-state index contributed by atoms with van der Waals surface area (Å²) in [5.74, 6) is -0.0437. The zero-order valence-corrected chi connectivity index (χ0v) is 21.9. The predicted molar refractivity (Wildman–Crippen MR) is 141 cm³/mol. The molecule has 3 N–H and O–H groups in total. The average molecular weight is 509 g/mol. The van der Waals surface area contributed by atoms with E-state index in [1.54, 1.807) is 52.2 Å². The SMILES string of the molecule is Cc1nc2ccc(-c3cnc(C(C)(C)O)nc3)cc2c(NC(C)c2cc(C(C)(C)O)ccc2F)c1Cl. The van der Waals surface area contributed by atoms with Crippen LogP contribution in [0.5, 0.6) is 0 Å². The summed E-state index contributed by atoms with van der Waals surface area (Å²) in [6, 6.07) is 9.93. The van der Waals surface area contributed by atoms with Gasteiger partial charge in [-0.05, 0) is 76.9 Å². The molecule has 0 saturated carbocycles. The summed E-state index contributed by atoms with van der Waals surface area (Å²) in [6.07, 6.45) is 3.33. The van der Waals surface area contributed by atoms with Crippen molar-refractivity contribution in [2.24, 2.45) is 0 Å². The first-order valence-corrected chi connectivity index (χ1v) is 12.1. The summed E-state index contributed by atoms with van der Waals surface area (Å²) in [5.41, 5.74) is 2.42. The Kier molecular flexibility index (Phi) is 6.77. The maximum absolute atomic E-state index is 14.8. The van der Waals surface area contributed by atoms with Crippen molar-refractivity contribution >= 4 is 28.2 Å². The Morgan fingerprint density at radius 3 is 2.22 bits per heavy atom. The number of aryl methyl sites for hydroxylation is 1. The van der Waals surface area contributed by atoms with Gasteiger partial charge in [-0.2, -0.15) is 0 Å². The lowest BCUT2D eigenvalue weighted by Gasteiger charge is -2.23. The van der Waals surface area contributed by atoms with Crippen molar-refractivity contribution in [1.82, 2.24) is 15.0 Å². The van der Waals surface area contributed by atoms with Crippen LogP contribution >= 0.6 is 11.6 Å². The van der Waals surface area contributed by atoms with E-state index in [4.69, 9.17) is 11.6 Å². The number of fused-ring (bicyclic) bond motifs is 1. The number of benzene rings is 2. The van der Waals surface area contributed by atoms with Crippen LogP contribution in [0, 0.1) is 12.7 Å². The molecule has 4 aromatic rings. The zero-order valence-electron chi connectivity index (χ0n) is 21.2. The number of nitrogens with zero attached hydrogens (tertiary/aromatic N) is 3. The Labute approximate surface area is 215 Å². The van der Waals surface area contributed by atoms with Crippen LogP contribution in [-0.2, 0) is 11.2 Å². The van der Waals surface area contributed by atoms with Crippen molar-refractivity contribution < 1.29 is 14.6 Å². The first kappa shape index (κ1) is 25.9. The van der Waals surface area contributed by atoms with E-state index in [1.165, 1.54) is 6.07 Å². The lowest BCUT2D eigenvalue weighted by atomic mass is 9.94. The maximum Gasteiger partial charge on any atom is 0.159 e. The second kappa shape index (κ2) is 9.39. The summed E-state index contributed by atoms with van der Waals surface area (Å²) in [7, 11) is 0. The van der Waals surface area contributed by atoms with E-state index in [2.05, 4.69) is 20.3 Å². The summed E-state index contributed by atoms with van der Waals surface area (Å²) in [5, 5.41) is 25.1. The third-order valence-electron chi connectivity index (χ3n) is 6.15. The third kappa shape index (κ3) is 5.19. The summed E-state index contributed by atoms with van der Waals surface area (Å²) in [4.78, 5) is 13.2. The van der Waals surface area contributed by atoms with Gasteiger partial charge < -0.3 is 15.5 Å². The molecule has 0 aliphatic rings. The van der Waals surface area contributed by atoms with Gasteiger partial charge in [0.2, 0.25) is 0 Å². The van der Waals surface area contributed by atoms with Crippen LogP contribution in [-0.4, -0.2) is 25.2 Å². The van der Waals surface area contributed by atoms with Crippen molar-refractivity contribution in [2.45, 2.75) is 58.8 Å². The van der Waals surface area contributed by atoms with Crippen LogP contribution in [0.4, 0.5) is 10.1 Å². The van der Waals surface area contributed by atoms with Gasteiger partial charge in [0.15, 0.2) is 5.82 Å². The quantitative estimate of drug-likeness (QED) is 0.278. The molecule has 2 aromatic carbocycles. The van der Waals surface area contributed by atoms with Gasteiger partial charge in [0.1, 0.15) is 11.4 Å². The van der Waals surface area contributed by atoms with Gasteiger partial charge in [-0.15, -0.1) is 0 Å². The molecule has 188 valence electrons. The van der Waals surface area contributed by atoms with Crippen molar-refractivity contribution in [3.8, 4) is 11.1 Å². The molecule has 6 nitrogen and oxygen atoms in total. The van der Waals surface area contributed by atoms with Crippen LogP contribution in [0.15, 0.2) is 48.8 Å². The molecule has 0 amide bonds. The minimum atomic E-state index is -1.14. The van der Waals surface area contributed by atoms with E-state index in [-0.39, 0.29) is 5.82 Å². The minimum Gasteiger partial charge on any atom is -0.386 e. The molecule has 0 saturated heterocycles. The second-order valence-electron chi connectivity index (χ2n) is 10.1. The van der Waals surface area contributed by atoms with Crippen LogP contribution in [0.2, 0.25) is 5.02 Å². The second-order valence-corrected chi connectivity index (χ2v) is 10.5. The van der Waals surface area contributed by atoms with Crippen molar-refractivity contribution in [3.63, 3.8) is 0 Å². The average Bonchev–Trinajstić information content (AvgIpc) is 2.80. The molecule has 0 radical (unpaired) electrons. The highest BCUT2D eigenvalue weighted by atomic mass is 35.5. The Balaban J connectivity index is 1.78. The van der Waals surface area contributed by atoms with E-state index in [0.29, 0.717) is 33.4 Å². The van der Waals surface area contributed by atoms with E-state index < -0.39 is 17.2 Å². The molecule has 2 aromatic heterocycles. The summed E-state index contributed by atoms with van der Waals surface area (Å²) in [6.45, 7) is 10.3. The smallest absolute Gasteiger partial charge is 0.159 e. The Morgan fingerprint density at radius 1 is 0.944 bits per heavy atom. The number of rotatable bonds is 6. The Bertz CT molecular complexity index is 1430. The number of aromatic nitrogens is 3. The Hall–Kier alpha value is -3.13. The van der Waals surface area contributed by atoms with Gasteiger partial charge in [-0.25, -0.2) is 14.4 Å². The van der Waals surface area contributed by atoms with Crippen molar-refractivity contribution in [1.29, 1.82) is 0 Å². The molecule has 8 heteroatoms. The number of hydrogen-bond acceptors (Lipinski definition) is 6. The normalized spacial score (nSPS) is 13.2. The third-order valence-corrected chi connectivity index (χ3v) is 6.62. The largest absolute Gasteiger partial charge is 0.386 e. The highest BCUT2D eigenvalue weighted by Gasteiger charge is 2.22. The van der Waals surface area contributed by atoms with E-state index >= 15 is 0 Å². The van der Waals surface area contributed by atoms with Crippen LogP contribution in [0.25, 0.3) is 22.0 Å². The standard InChI is InChI=1S/C28H30ClFN4O2/c1-15(20-12-19(27(3,4)35)8-9-22(20)30)34-25-21-11-17(7-10-23(21)33-16(2)24(25)29)18-13-31-26(32-14-18)28(5,6)36/h7-15,35-36H,1-6H3,(H,33,34). The van der Waals surface area contributed by atoms with Gasteiger partial charge >= 0.3 is 0 Å². The molecule has 0 aliphatic carbocycles. The molecule has 4 rings (SSSR count). The first-order valence-electron chi connectivity index (χ1n) is 11.7. The highest BCUT2D eigenvalue weighted by Crippen LogP contribution is 2.37. The number of pyridine rings is 1. The predicted octanol–water partition coefficient (Wildman–Crippen LogP) is 6.42. The van der Waals surface area contributed by atoms with Gasteiger partial charge in [0.25, 0.3) is 0 Å². The monoisotopic (exact) mass is 508 g/mol. The molecule has 0 aliphatic heterocycles. The van der Waals surface area contributed by atoms with Crippen LogP contribution < -0.4 is 5.32 Å². The Morgan fingerprint density at radius 2 is 1.61 bits per heavy atom. The fraction of sp³-hybridized carbons (Fsp3) is 0.321. The van der Waals surface area contributed by atoms with Crippen molar-refractivity contribution in [2.75, 3.05) is 5.32 Å². The van der Waals surface area contributed by atoms with Gasteiger partial charge in [-0.1, -0.05) is 23.7 Å². The molecule has 1 unspecified atom stereocenters. The van der Waals surface area contributed by atoms with Gasteiger partial charge in [0, 0.05) is 28.9 Å². The lowest BCUT2D eigenvalue weighted by molar-refractivity contribution is 0.0687. The summed E-state index contributed by atoms with van der Waals surface area (Å²) >= 11 is 6.71. The molecule has 2 heterocycles. The molecule has 1 atom stereocenters. The van der Waals surface area contributed by atoms with Gasteiger partial charge in [0.05, 0.1) is 33.6 Å². The van der Waals surface area contributed by atoms with Crippen LogP contribution in [0.1, 0.15) is 63.3 Å². The number of halogens is 2. The fourth-order valence-corrected chi connectivity index (χ4v) is 4.23. The molecule has 0 spiro atoms. The number of nitrogens with one attached hydrogen (secondary N) is 1. The first-order chi connectivity index (χ1) is 16.8. The van der Waals surface area contributed by atoms with E-state index in [1.807, 2.05) is 32.0 Å². The maximum atomic E-state index is 14.8. The summed E-state index contributed by atoms with van der Waals surface area (Å²) < 4.78 is 14.8. The lowest BCUT2D eigenvalue weighted by Crippen LogP contribution is -2.19. The zero-order chi connectivity index (χ0) is 26.4. The number of aliphatic hydroxyl groups is 2. The molecule has 0 bridgehead atoms. The molecular weight excluding hydrogens is 479 g/mol. The minimum absolute atomic E-state index is 0.332. The van der Waals surface area contributed by atoms with Crippen molar-refractivity contribution in [3.05, 3.63) is 82.3 Å². The molecular formula is C28H30ClFN4O2. The number of anilines is 1. The fourth-order valence-electron chi connectivity index (χ4n) is 4.03. The number of hydrogen-bond donors (Lipinski definition) is 3. The van der Waals surface area contributed by atoms with E-state index in [0.717, 1.165) is 22.0 Å². The van der Waals surface area contributed by atoms with Crippen LogP contribution in [0.3, 0.4) is 0 Å².